The molecule has 0 amide bonds. The molecular formula is C17H21N2S+. The van der Waals surface area contributed by atoms with Crippen molar-refractivity contribution in [3.63, 3.8) is 0 Å². The number of hydrogen-bond donors (Lipinski definition) is 1. The molecule has 0 unspecified atom stereocenters. The van der Waals surface area contributed by atoms with Crippen molar-refractivity contribution in [2.45, 2.75) is 23.6 Å². The molecule has 2 aromatic rings. The van der Waals surface area contributed by atoms with Crippen LogP contribution in [0.15, 0.2) is 52.3 Å². The normalized spacial score (nSPS) is 10.2. The first-order valence-electron chi connectivity index (χ1n) is 6.66. The van der Waals surface area contributed by atoms with E-state index in [0.29, 0.717) is 0 Å². The lowest BCUT2D eigenvalue weighted by molar-refractivity contribution is -0.459. The Bertz CT molecular complexity index is 611. The van der Waals surface area contributed by atoms with Crippen LogP contribution < -0.4 is 5.32 Å². The van der Waals surface area contributed by atoms with Gasteiger partial charge in [0.15, 0.2) is 0 Å². The van der Waals surface area contributed by atoms with Crippen LogP contribution in [0.25, 0.3) is 0 Å². The Labute approximate surface area is 125 Å². The van der Waals surface area contributed by atoms with Crippen molar-refractivity contribution in [2.24, 2.45) is 0 Å². The highest BCUT2D eigenvalue weighted by molar-refractivity contribution is 7.99. The minimum absolute atomic E-state index is 1.10. The van der Waals surface area contributed by atoms with Gasteiger partial charge in [0.05, 0.1) is 14.1 Å². The molecule has 20 heavy (non-hydrogen) atoms. The van der Waals surface area contributed by atoms with E-state index in [1.165, 1.54) is 20.9 Å². The Kier molecular flexibility index (Phi) is 4.85. The van der Waals surface area contributed by atoms with E-state index >= 15 is 0 Å². The van der Waals surface area contributed by atoms with Crippen molar-refractivity contribution in [1.29, 1.82) is 0 Å². The maximum absolute atomic E-state index is 3.24. The summed E-state index contributed by atoms with van der Waals surface area (Å²) < 4.78 is 1.98. The molecule has 0 atom stereocenters. The van der Waals surface area contributed by atoms with Gasteiger partial charge in [-0.25, -0.2) is 5.32 Å². The highest BCUT2D eigenvalue weighted by Crippen LogP contribution is 2.29. The quantitative estimate of drug-likeness (QED) is 0.515. The summed E-state index contributed by atoms with van der Waals surface area (Å²) in [6.07, 6.45) is 1.94. The molecule has 0 saturated carbocycles. The summed E-state index contributed by atoms with van der Waals surface area (Å²) in [5.74, 6) is 0. The summed E-state index contributed by atoms with van der Waals surface area (Å²) in [7, 11) is 3.99. The molecule has 3 heteroatoms. The average molecular weight is 285 g/mol. The van der Waals surface area contributed by atoms with Crippen molar-refractivity contribution in [1.82, 2.24) is 0 Å². The molecule has 0 aliphatic carbocycles. The van der Waals surface area contributed by atoms with E-state index in [4.69, 9.17) is 0 Å². The topological polar surface area (TPSA) is 15.0 Å². The lowest BCUT2D eigenvalue weighted by Gasteiger charge is -2.05. The Morgan fingerprint density at radius 3 is 2.15 bits per heavy atom. The van der Waals surface area contributed by atoms with Gasteiger partial charge in [0.25, 0.3) is 0 Å². The van der Waals surface area contributed by atoms with Crippen molar-refractivity contribution in [3.8, 4) is 0 Å². The Morgan fingerprint density at radius 2 is 1.55 bits per heavy atom. The van der Waals surface area contributed by atoms with Crippen LogP contribution in [0.4, 0.5) is 5.69 Å². The standard InChI is InChI=1S/C17H20N2S/c1-13-5-8-17(11-14(13)2)20-16-9-6-15(7-10-16)18-12-19(3)4/h5-12H,1-4H3/p+1. The first-order valence-corrected chi connectivity index (χ1v) is 7.48. The van der Waals surface area contributed by atoms with Gasteiger partial charge < -0.3 is 0 Å². The van der Waals surface area contributed by atoms with Crippen LogP contribution >= 0.6 is 11.8 Å². The summed E-state index contributed by atoms with van der Waals surface area (Å²) in [4.78, 5) is 2.54. The van der Waals surface area contributed by atoms with Crippen LogP contribution in [-0.2, 0) is 0 Å². The van der Waals surface area contributed by atoms with Gasteiger partial charge in [-0.05, 0) is 61.4 Å². The molecule has 0 saturated heterocycles. The Hall–Kier alpha value is -1.74. The SMILES string of the molecule is Cc1ccc(Sc2ccc(NC=[N+](C)C)cc2)cc1C. The lowest BCUT2D eigenvalue weighted by atomic mass is 10.1. The molecule has 0 aromatic heterocycles. The van der Waals surface area contributed by atoms with E-state index in [2.05, 4.69) is 61.6 Å². The summed E-state index contributed by atoms with van der Waals surface area (Å²) in [6, 6.07) is 15.1. The molecule has 0 bridgehead atoms. The van der Waals surface area contributed by atoms with Gasteiger partial charge in [-0.2, -0.15) is 0 Å². The maximum Gasteiger partial charge on any atom is 0.236 e. The van der Waals surface area contributed by atoms with Crippen LogP contribution in [0, 0.1) is 13.8 Å². The molecule has 2 nitrogen and oxygen atoms in total. The summed E-state index contributed by atoms with van der Waals surface area (Å²) in [5.41, 5.74) is 3.78. The zero-order valence-corrected chi connectivity index (χ0v) is 13.3. The Morgan fingerprint density at radius 1 is 0.900 bits per heavy atom. The van der Waals surface area contributed by atoms with Gasteiger partial charge in [0.2, 0.25) is 6.34 Å². The third-order valence-electron chi connectivity index (χ3n) is 3.06. The Balaban J connectivity index is 2.06. The van der Waals surface area contributed by atoms with Crippen molar-refractivity contribution < 1.29 is 4.58 Å². The predicted molar refractivity (Wildman–Crippen MR) is 88.3 cm³/mol. The summed E-state index contributed by atoms with van der Waals surface area (Å²) in [5, 5.41) is 3.24. The summed E-state index contributed by atoms with van der Waals surface area (Å²) >= 11 is 1.80. The van der Waals surface area contributed by atoms with Gasteiger partial charge >= 0.3 is 0 Å². The molecule has 0 aliphatic heterocycles. The number of hydrogen-bond acceptors (Lipinski definition) is 1. The highest BCUT2D eigenvalue weighted by atomic mass is 32.2. The van der Waals surface area contributed by atoms with Gasteiger partial charge in [-0.15, -0.1) is 0 Å². The van der Waals surface area contributed by atoms with Gasteiger partial charge in [-0.1, -0.05) is 17.8 Å². The maximum atomic E-state index is 3.24. The second-order valence-electron chi connectivity index (χ2n) is 5.11. The number of nitrogens with zero attached hydrogens (tertiary/aromatic N) is 1. The fraction of sp³-hybridized carbons (Fsp3) is 0.235. The number of aryl methyl sites for hydroxylation is 2. The van der Waals surface area contributed by atoms with E-state index in [9.17, 15) is 0 Å². The third kappa shape index (κ3) is 4.14. The van der Waals surface area contributed by atoms with Crippen LogP contribution in [0.3, 0.4) is 0 Å². The van der Waals surface area contributed by atoms with Crippen LogP contribution in [0.2, 0.25) is 0 Å². The van der Waals surface area contributed by atoms with Crippen molar-refractivity contribution >= 4 is 23.8 Å². The second kappa shape index (κ2) is 6.62. The summed E-state index contributed by atoms with van der Waals surface area (Å²) in [6.45, 7) is 4.30. The zero-order valence-electron chi connectivity index (χ0n) is 12.5. The number of rotatable bonds is 4. The minimum Gasteiger partial charge on any atom is -0.273 e. The molecule has 1 N–H and O–H groups in total. The molecule has 0 radical (unpaired) electrons. The fourth-order valence-electron chi connectivity index (χ4n) is 1.74. The molecule has 2 aromatic carbocycles. The molecule has 0 aliphatic rings. The molecule has 0 heterocycles. The van der Waals surface area contributed by atoms with Gasteiger partial charge in [0.1, 0.15) is 5.69 Å². The van der Waals surface area contributed by atoms with E-state index in [1.807, 2.05) is 25.0 Å². The third-order valence-corrected chi connectivity index (χ3v) is 4.06. The predicted octanol–water partition coefficient (Wildman–Crippen LogP) is 4.17. The fourth-order valence-corrected chi connectivity index (χ4v) is 2.65. The van der Waals surface area contributed by atoms with Gasteiger partial charge in [-0.3, -0.25) is 4.58 Å². The van der Waals surface area contributed by atoms with Crippen LogP contribution in [0.5, 0.6) is 0 Å². The van der Waals surface area contributed by atoms with Crippen molar-refractivity contribution in [3.05, 3.63) is 53.6 Å². The zero-order chi connectivity index (χ0) is 14.5. The van der Waals surface area contributed by atoms with Crippen LogP contribution in [-0.4, -0.2) is 25.0 Å². The average Bonchev–Trinajstić information content (AvgIpc) is 2.42. The van der Waals surface area contributed by atoms with E-state index in [1.54, 1.807) is 11.8 Å². The van der Waals surface area contributed by atoms with Gasteiger partial charge in [0, 0.05) is 9.79 Å². The first kappa shape index (κ1) is 14.7. The van der Waals surface area contributed by atoms with E-state index < -0.39 is 0 Å². The molecular weight excluding hydrogens is 264 g/mol. The number of benzene rings is 2. The van der Waals surface area contributed by atoms with E-state index in [0.717, 1.165) is 5.69 Å². The molecule has 2 rings (SSSR count). The smallest absolute Gasteiger partial charge is 0.236 e. The molecule has 0 spiro atoms. The van der Waals surface area contributed by atoms with Crippen molar-refractivity contribution in [2.75, 3.05) is 19.4 Å². The van der Waals surface area contributed by atoms with Crippen LogP contribution in [0.1, 0.15) is 11.1 Å². The number of anilines is 1. The van der Waals surface area contributed by atoms with E-state index in [-0.39, 0.29) is 0 Å². The highest BCUT2D eigenvalue weighted by Gasteiger charge is 2.01. The first-order chi connectivity index (χ1) is 9.54. The monoisotopic (exact) mass is 285 g/mol. The molecule has 0 fully saturated rings. The molecule has 104 valence electrons. The lowest BCUT2D eigenvalue weighted by Crippen LogP contribution is -2.06. The minimum atomic E-state index is 1.10. The largest absolute Gasteiger partial charge is 0.273 e. The number of nitrogens with one attached hydrogen (secondary N) is 1. The second-order valence-corrected chi connectivity index (χ2v) is 6.26.